The summed E-state index contributed by atoms with van der Waals surface area (Å²) in [5, 5.41) is 13.6. The number of aromatic nitrogens is 4. The zero-order chi connectivity index (χ0) is 12.5. The van der Waals surface area contributed by atoms with Crippen molar-refractivity contribution in [3.05, 3.63) is 18.1 Å². The lowest BCUT2D eigenvalue weighted by Crippen LogP contribution is -2.48. The number of hydrogen-bond donors (Lipinski definition) is 1. The molecule has 0 spiro atoms. The van der Waals surface area contributed by atoms with Gasteiger partial charge in [0.05, 0.1) is 25.9 Å². The molecule has 0 aliphatic carbocycles. The van der Waals surface area contributed by atoms with Gasteiger partial charge in [0.15, 0.2) is 0 Å². The molecule has 1 N–H and O–H groups in total. The Hall–Kier alpha value is -1.73. The monoisotopic (exact) mass is 249 g/mol. The summed E-state index contributed by atoms with van der Waals surface area (Å²) >= 11 is 0. The van der Waals surface area contributed by atoms with Crippen LogP contribution in [0.25, 0.3) is 5.78 Å². The molecular weight excluding hydrogens is 234 g/mol. The topological polar surface area (TPSA) is 75.8 Å². The van der Waals surface area contributed by atoms with E-state index in [-0.39, 0.29) is 12.6 Å². The fourth-order valence-corrected chi connectivity index (χ4v) is 2.22. The highest BCUT2D eigenvalue weighted by molar-refractivity contribution is 5.48. The first-order valence-electron chi connectivity index (χ1n) is 5.92. The predicted molar refractivity (Wildman–Crippen MR) is 64.6 cm³/mol. The summed E-state index contributed by atoms with van der Waals surface area (Å²) in [4.78, 5) is 10.5. The van der Waals surface area contributed by atoms with Crippen molar-refractivity contribution in [2.45, 2.75) is 13.0 Å². The van der Waals surface area contributed by atoms with Crippen LogP contribution in [0.15, 0.2) is 12.4 Å². The fourth-order valence-electron chi connectivity index (χ4n) is 2.22. The third-order valence-electron chi connectivity index (χ3n) is 3.09. The fraction of sp³-hybridized carbons (Fsp3) is 0.545. The Morgan fingerprint density at radius 3 is 3.28 bits per heavy atom. The number of ether oxygens (including phenoxy) is 1. The van der Waals surface area contributed by atoms with Crippen LogP contribution in [0.4, 0.5) is 5.82 Å². The summed E-state index contributed by atoms with van der Waals surface area (Å²) in [7, 11) is 0. The van der Waals surface area contributed by atoms with E-state index in [0.717, 1.165) is 18.1 Å². The molecular formula is C11H15N5O2. The van der Waals surface area contributed by atoms with E-state index in [2.05, 4.69) is 20.0 Å². The standard InChI is InChI=1S/C11H15N5O2/c1-8-4-10(16-11(14-8)12-7-13-16)15-2-3-18-6-9(15)5-17/h4,7,9,17H,2-3,5-6H2,1H3. The molecule has 2 aromatic heterocycles. The Morgan fingerprint density at radius 1 is 1.56 bits per heavy atom. The van der Waals surface area contributed by atoms with Gasteiger partial charge in [-0.2, -0.15) is 14.6 Å². The van der Waals surface area contributed by atoms with E-state index < -0.39 is 0 Å². The number of rotatable bonds is 2. The second-order valence-corrected chi connectivity index (χ2v) is 4.33. The molecule has 1 aliphatic heterocycles. The van der Waals surface area contributed by atoms with Gasteiger partial charge in [0, 0.05) is 18.3 Å². The molecule has 1 saturated heterocycles. The van der Waals surface area contributed by atoms with Crippen molar-refractivity contribution in [1.29, 1.82) is 0 Å². The predicted octanol–water partition coefficient (Wildman–Crippen LogP) is -0.370. The van der Waals surface area contributed by atoms with Gasteiger partial charge < -0.3 is 14.7 Å². The zero-order valence-electron chi connectivity index (χ0n) is 10.2. The minimum absolute atomic E-state index is 0.0482. The van der Waals surface area contributed by atoms with Gasteiger partial charge in [-0.15, -0.1) is 0 Å². The molecule has 1 atom stereocenters. The third kappa shape index (κ3) is 1.81. The highest BCUT2D eigenvalue weighted by atomic mass is 16.5. The quantitative estimate of drug-likeness (QED) is 0.782. The van der Waals surface area contributed by atoms with Crippen LogP contribution < -0.4 is 4.90 Å². The first kappa shape index (κ1) is 11.4. The van der Waals surface area contributed by atoms with Crippen molar-refractivity contribution in [2.24, 2.45) is 0 Å². The molecule has 0 saturated carbocycles. The van der Waals surface area contributed by atoms with Crippen molar-refractivity contribution in [2.75, 3.05) is 31.3 Å². The summed E-state index contributed by atoms with van der Waals surface area (Å²) in [6, 6.07) is 1.91. The Morgan fingerprint density at radius 2 is 2.44 bits per heavy atom. The van der Waals surface area contributed by atoms with Crippen LogP contribution in [0.5, 0.6) is 0 Å². The molecule has 3 heterocycles. The normalized spacial score (nSPS) is 20.6. The van der Waals surface area contributed by atoms with Crippen molar-refractivity contribution in [1.82, 2.24) is 19.6 Å². The molecule has 96 valence electrons. The summed E-state index contributed by atoms with van der Waals surface area (Å²) in [5.74, 6) is 1.48. The van der Waals surface area contributed by atoms with Gasteiger partial charge in [-0.3, -0.25) is 0 Å². The largest absolute Gasteiger partial charge is 0.394 e. The minimum atomic E-state index is -0.0482. The average molecular weight is 249 g/mol. The smallest absolute Gasteiger partial charge is 0.254 e. The zero-order valence-corrected chi connectivity index (χ0v) is 10.2. The molecule has 1 unspecified atom stereocenters. The van der Waals surface area contributed by atoms with Crippen LogP contribution in [-0.4, -0.2) is 57.1 Å². The SMILES string of the molecule is Cc1cc(N2CCOCC2CO)n2ncnc2n1. The summed E-state index contributed by atoms with van der Waals surface area (Å²) in [6.45, 7) is 3.87. The summed E-state index contributed by atoms with van der Waals surface area (Å²) in [6.07, 6.45) is 1.49. The lowest BCUT2D eigenvalue weighted by Gasteiger charge is -2.36. The molecule has 2 aromatic rings. The van der Waals surface area contributed by atoms with Crippen LogP contribution in [0.1, 0.15) is 5.69 Å². The van der Waals surface area contributed by atoms with E-state index in [1.807, 2.05) is 13.0 Å². The second-order valence-electron chi connectivity index (χ2n) is 4.33. The Labute approximate surface area is 104 Å². The van der Waals surface area contributed by atoms with E-state index in [1.54, 1.807) is 4.52 Å². The number of aliphatic hydroxyl groups is 1. The number of morpholine rings is 1. The van der Waals surface area contributed by atoms with Crippen LogP contribution in [0.3, 0.4) is 0 Å². The van der Waals surface area contributed by atoms with E-state index >= 15 is 0 Å². The van der Waals surface area contributed by atoms with E-state index in [9.17, 15) is 5.11 Å². The lowest BCUT2D eigenvalue weighted by molar-refractivity contribution is 0.0720. The number of aryl methyl sites for hydroxylation is 1. The molecule has 0 bridgehead atoms. The first-order chi connectivity index (χ1) is 8.79. The van der Waals surface area contributed by atoms with E-state index in [4.69, 9.17) is 4.74 Å². The van der Waals surface area contributed by atoms with Gasteiger partial charge in [-0.1, -0.05) is 0 Å². The van der Waals surface area contributed by atoms with Crippen LogP contribution >= 0.6 is 0 Å². The molecule has 0 aromatic carbocycles. The maximum absolute atomic E-state index is 9.43. The Balaban J connectivity index is 2.08. The number of anilines is 1. The van der Waals surface area contributed by atoms with Gasteiger partial charge >= 0.3 is 0 Å². The molecule has 18 heavy (non-hydrogen) atoms. The first-order valence-corrected chi connectivity index (χ1v) is 5.92. The Bertz CT molecular complexity index is 555. The number of nitrogens with zero attached hydrogens (tertiary/aromatic N) is 5. The number of aliphatic hydroxyl groups excluding tert-OH is 1. The van der Waals surface area contributed by atoms with E-state index in [1.165, 1.54) is 6.33 Å². The molecule has 0 radical (unpaired) electrons. The van der Waals surface area contributed by atoms with Crippen molar-refractivity contribution < 1.29 is 9.84 Å². The van der Waals surface area contributed by atoms with Gasteiger partial charge in [-0.05, 0) is 6.92 Å². The average Bonchev–Trinajstić information content (AvgIpc) is 2.85. The highest BCUT2D eigenvalue weighted by Crippen LogP contribution is 2.20. The van der Waals surface area contributed by atoms with Crippen molar-refractivity contribution in [3.63, 3.8) is 0 Å². The molecule has 3 rings (SSSR count). The second kappa shape index (κ2) is 4.51. The Kier molecular flexibility index (Phi) is 2.85. The molecule has 7 nitrogen and oxygen atoms in total. The van der Waals surface area contributed by atoms with Crippen LogP contribution in [-0.2, 0) is 4.74 Å². The maximum atomic E-state index is 9.43. The number of hydrogen-bond acceptors (Lipinski definition) is 6. The molecule has 0 amide bonds. The van der Waals surface area contributed by atoms with Gasteiger partial charge in [0.25, 0.3) is 5.78 Å². The van der Waals surface area contributed by atoms with Gasteiger partial charge in [0.1, 0.15) is 12.1 Å². The van der Waals surface area contributed by atoms with Crippen molar-refractivity contribution >= 4 is 11.6 Å². The molecule has 1 aliphatic rings. The number of fused-ring (bicyclic) bond motifs is 1. The highest BCUT2D eigenvalue weighted by Gasteiger charge is 2.25. The van der Waals surface area contributed by atoms with Crippen LogP contribution in [0, 0.1) is 6.92 Å². The third-order valence-corrected chi connectivity index (χ3v) is 3.09. The van der Waals surface area contributed by atoms with Crippen LogP contribution in [0.2, 0.25) is 0 Å². The van der Waals surface area contributed by atoms with Crippen molar-refractivity contribution in [3.8, 4) is 0 Å². The van der Waals surface area contributed by atoms with Gasteiger partial charge in [-0.25, -0.2) is 4.98 Å². The van der Waals surface area contributed by atoms with Gasteiger partial charge in [0.2, 0.25) is 0 Å². The minimum Gasteiger partial charge on any atom is -0.394 e. The lowest BCUT2D eigenvalue weighted by atomic mass is 10.2. The summed E-state index contributed by atoms with van der Waals surface area (Å²) in [5.41, 5.74) is 0.883. The molecule has 1 fully saturated rings. The van der Waals surface area contributed by atoms with E-state index in [0.29, 0.717) is 19.0 Å². The maximum Gasteiger partial charge on any atom is 0.254 e. The summed E-state index contributed by atoms with van der Waals surface area (Å²) < 4.78 is 7.08. The molecule has 7 heteroatoms.